The molecule has 3 rings (SSSR count). The van der Waals surface area contributed by atoms with Gasteiger partial charge in [0.25, 0.3) is 0 Å². The number of benzene rings is 1. The third-order valence-electron chi connectivity index (χ3n) is 3.62. The normalized spacial score (nSPS) is 12.1. The van der Waals surface area contributed by atoms with Crippen molar-refractivity contribution in [2.45, 2.75) is 37.1 Å². The maximum atomic E-state index is 12.3. The number of carbonyl (C=O) groups excluding carboxylic acids is 2. The van der Waals surface area contributed by atoms with Crippen molar-refractivity contribution in [1.29, 1.82) is 0 Å². The number of hydrogen-bond donors (Lipinski definition) is 2. The zero-order chi connectivity index (χ0) is 19.4. The monoisotopic (exact) mass is 384 g/mol. The lowest BCUT2D eigenvalue weighted by atomic mass is 10.2. The molecule has 2 N–H and O–H groups in total. The third kappa shape index (κ3) is 4.65. The molecular formula is C19H20N4O3S. The van der Waals surface area contributed by atoms with Gasteiger partial charge in [-0.3, -0.25) is 10.1 Å². The Balaban J connectivity index is 1.85. The SMILES string of the molecule is CC(C)NC(=O)NC(=O)[C@H](C)Sc1nc(-c2ccco2)nc2ccccc12. The van der Waals surface area contributed by atoms with Gasteiger partial charge in [-0.25, -0.2) is 14.8 Å². The molecule has 27 heavy (non-hydrogen) atoms. The highest BCUT2D eigenvalue weighted by atomic mass is 32.2. The molecular weight excluding hydrogens is 364 g/mol. The lowest BCUT2D eigenvalue weighted by Gasteiger charge is -2.14. The van der Waals surface area contributed by atoms with E-state index in [4.69, 9.17) is 4.42 Å². The Morgan fingerprint density at radius 3 is 2.56 bits per heavy atom. The second kappa shape index (κ2) is 8.22. The fourth-order valence-corrected chi connectivity index (χ4v) is 3.33. The van der Waals surface area contributed by atoms with Gasteiger partial charge in [-0.05, 0) is 39.0 Å². The summed E-state index contributed by atoms with van der Waals surface area (Å²) in [5.41, 5.74) is 0.756. The van der Waals surface area contributed by atoms with Crippen molar-refractivity contribution < 1.29 is 14.0 Å². The average molecular weight is 384 g/mol. The number of imide groups is 1. The lowest BCUT2D eigenvalue weighted by Crippen LogP contribution is -2.45. The maximum absolute atomic E-state index is 12.3. The first-order chi connectivity index (χ1) is 12.9. The number of urea groups is 1. The van der Waals surface area contributed by atoms with Crippen molar-refractivity contribution in [1.82, 2.24) is 20.6 Å². The summed E-state index contributed by atoms with van der Waals surface area (Å²) in [7, 11) is 0. The maximum Gasteiger partial charge on any atom is 0.321 e. The van der Waals surface area contributed by atoms with Crippen LogP contribution in [0.25, 0.3) is 22.5 Å². The molecule has 0 aliphatic rings. The van der Waals surface area contributed by atoms with Crippen LogP contribution < -0.4 is 10.6 Å². The van der Waals surface area contributed by atoms with Crippen LogP contribution in [0.2, 0.25) is 0 Å². The van der Waals surface area contributed by atoms with Crippen molar-refractivity contribution in [3.05, 3.63) is 42.7 Å². The van der Waals surface area contributed by atoms with E-state index in [9.17, 15) is 9.59 Å². The van der Waals surface area contributed by atoms with Crippen molar-refractivity contribution in [3.63, 3.8) is 0 Å². The summed E-state index contributed by atoms with van der Waals surface area (Å²) in [6.45, 7) is 5.38. The number of amides is 3. The largest absolute Gasteiger partial charge is 0.461 e. The number of nitrogens with one attached hydrogen (secondary N) is 2. The molecule has 0 radical (unpaired) electrons. The van der Waals surface area contributed by atoms with Crippen molar-refractivity contribution >= 4 is 34.6 Å². The van der Waals surface area contributed by atoms with E-state index in [-0.39, 0.29) is 11.9 Å². The zero-order valence-electron chi connectivity index (χ0n) is 15.2. The number of aromatic nitrogens is 2. The van der Waals surface area contributed by atoms with Crippen LogP contribution >= 0.6 is 11.8 Å². The summed E-state index contributed by atoms with van der Waals surface area (Å²) >= 11 is 1.27. The highest BCUT2D eigenvalue weighted by molar-refractivity contribution is 8.00. The number of thioether (sulfide) groups is 1. The molecule has 0 saturated heterocycles. The zero-order valence-corrected chi connectivity index (χ0v) is 16.0. The summed E-state index contributed by atoms with van der Waals surface area (Å²) < 4.78 is 5.40. The minimum absolute atomic E-state index is 0.0533. The number of nitrogens with zero attached hydrogens (tertiary/aromatic N) is 2. The van der Waals surface area contributed by atoms with Gasteiger partial charge in [-0.1, -0.05) is 30.0 Å². The van der Waals surface area contributed by atoms with Gasteiger partial charge in [-0.15, -0.1) is 0 Å². The third-order valence-corrected chi connectivity index (χ3v) is 4.73. The first-order valence-corrected chi connectivity index (χ1v) is 9.40. The number of furan rings is 1. The molecule has 0 aliphatic carbocycles. The molecule has 2 aromatic heterocycles. The first kappa shape index (κ1) is 18.9. The minimum atomic E-state index is -0.523. The van der Waals surface area contributed by atoms with Gasteiger partial charge in [0.15, 0.2) is 11.6 Å². The Morgan fingerprint density at radius 2 is 1.85 bits per heavy atom. The summed E-state index contributed by atoms with van der Waals surface area (Å²) in [6, 6.07) is 10.6. The molecule has 1 atom stereocenters. The Morgan fingerprint density at radius 1 is 1.07 bits per heavy atom. The predicted octanol–water partition coefficient (Wildman–Crippen LogP) is 3.60. The average Bonchev–Trinajstić information content (AvgIpc) is 3.15. The summed E-state index contributed by atoms with van der Waals surface area (Å²) in [4.78, 5) is 33.2. The van der Waals surface area contributed by atoms with Crippen LogP contribution in [0.3, 0.4) is 0 Å². The molecule has 8 heteroatoms. The van der Waals surface area contributed by atoms with Gasteiger partial charge in [0, 0.05) is 11.4 Å². The van der Waals surface area contributed by atoms with Gasteiger partial charge in [0.2, 0.25) is 5.91 Å². The molecule has 2 heterocycles. The smallest absolute Gasteiger partial charge is 0.321 e. The highest BCUT2D eigenvalue weighted by Crippen LogP contribution is 2.31. The van der Waals surface area contributed by atoms with Crippen molar-refractivity contribution in [2.75, 3.05) is 0 Å². The van der Waals surface area contributed by atoms with Gasteiger partial charge in [-0.2, -0.15) is 0 Å². The van der Waals surface area contributed by atoms with Gasteiger partial charge in [0.05, 0.1) is 17.0 Å². The Bertz CT molecular complexity index is 957. The number of rotatable bonds is 5. The summed E-state index contributed by atoms with van der Waals surface area (Å²) in [6.07, 6.45) is 1.56. The van der Waals surface area contributed by atoms with E-state index in [0.29, 0.717) is 16.6 Å². The Hall–Kier alpha value is -2.87. The molecule has 0 saturated carbocycles. The summed E-state index contributed by atoms with van der Waals surface area (Å²) in [5.74, 6) is 0.614. The molecule has 0 spiro atoms. The topological polar surface area (TPSA) is 97.1 Å². The van der Waals surface area contributed by atoms with E-state index >= 15 is 0 Å². The van der Waals surface area contributed by atoms with E-state index in [1.807, 2.05) is 38.1 Å². The van der Waals surface area contributed by atoms with Crippen LogP contribution in [0, 0.1) is 0 Å². The van der Waals surface area contributed by atoms with E-state index < -0.39 is 11.3 Å². The Labute approximate surface area is 161 Å². The van der Waals surface area contributed by atoms with Crippen LogP contribution in [0.4, 0.5) is 4.79 Å². The summed E-state index contributed by atoms with van der Waals surface area (Å²) in [5, 5.41) is 5.95. The van der Waals surface area contributed by atoms with Crippen LogP contribution in [0.5, 0.6) is 0 Å². The Kier molecular flexibility index (Phi) is 5.75. The number of hydrogen-bond acceptors (Lipinski definition) is 6. The molecule has 7 nitrogen and oxygen atoms in total. The predicted molar refractivity (Wildman–Crippen MR) is 104 cm³/mol. The minimum Gasteiger partial charge on any atom is -0.461 e. The van der Waals surface area contributed by atoms with E-state index in [2.05, 4.69) is 20.6 Å². The molecule has 0 bridgehead atoms. The lowest BCUT2D eigenvalue weighted by molar-refractivity contribution is -0.119. The van der Waals surface area contributed by atoms with Gasteiger partial charge in [0.1, 0.15) is 5.03 Å². The highest BCUT2D eigenvalue weighted by Gasteiger charge is 2.20. The molecule has 1 aromatic carbocycles. The standard InChI is InChI=1S/C19H20N4O3S/c1-11(2)20-19(25)23-17(24)12(3)27-18-13-7-4-5-8-14(13)21-16(22-18)15-9-6-10-26-15/h4-12H,1-3H3,(H2,20,23,24,25)/t12-/m0/s1. The van der Waals surface area contributed by atoms with Crippen molar-refractivity contribution in [3.8, 4) is 11.6 Å². The second-order valence-corrected chi connectivity index (χ2v) is 7.55. The fraction of sp³-hybridized carbons (Fsp3) is 0.263. The van der Waals surface area contributed by atoms with Gasteiger partial charge >= 0.3 is 6.03 Å². The molecule has 3 amide bonds. The van der Waals surface area contributed by atoms with Crippen LogP contribution in [0.15, 0.2) is 52.1 Å². The van der Waals surface area contributed by atoms with Gasteiger partial charge < -0.3 is 9.73 Å². The molecule has 0 fully saturated rings. The van der Waals surface area contributed by atoms with E-state index in [0.717, 1.165) is 10.9 Å². The molecule has 0 unspecified atom stereocenters. The van der Waals surface area contributed by atoms with Crippen molar-refractivity contribution in [2.24, 2.45) is 0 Å². The van der Waals surface area contributed by atoms with E-state index in [1.165, 1.54) is 11.8 Å². The van der Waals surface area contributed by atoms with Crippen LogP contribution in [0.1, 0.15) is 20.8 Å². The number of carbonyl (C=O) groups is 2. The number of para-hydroxylation sites is 1. The molecule has 3 aromatic rings. The van der Waals surface area contributed by atoms with E-state index in [1.54, 1.807) is 25.3 Å². The van der Waals surface area contributed by atoms with Crippen LogP contribution in [-0.2, 0) is 4.79 Å². The van der Waals surface area contributed by atoms with Crippen LogP contribution in [-0.4, -0.2) is 33.2 Å². The quantitative estimate of drug-likeness (QED) is 0.515. The molecule has 0 aliphatic heterocycles. The molecule has 140 valence electrons. The fourth-order valence-electron chi connectivity index (χ4n) is 2.39. The first-order valence-electron chi connectivity index (χ1n) is 8.52. The number of fused-ring (bicyclic) bond motifs is 1. The second-order valence-electron chi connectivity index (χ2n) is 6.22.